The van der Waals surface area contributed by atoms with Crippen LogP contribution in [0, 0.1) is 19.7 Å². The van der Waals surface area contributed by atoms with Crippen LogP contribution in [0.4, 0.5) is 4.39 Å². The van der Waals surface area contributed by atoms with Crippen LogP contribution in [0.1, 0.15) is 21.5 Å². The number of ketones is 1. The first-order valence-electron chi connectivity index (χ1n) is 9.46. The smallest absolute Gasteiger partial charge is 0.266 e. The minimum absolute atomic E-state index is 0.0312. The van der Waals surface area contributed by atoms with Gasteiger partial charge in [0.1, 0.15) is 5.82 Å². The van der Waals surface area contributed by atoms with Crippen LogP contribution in [0.3, 0.4) is 0 Å². The Labute approximate surface area is 177 Å². The predicted octanol–water partition coefficient (Wildman–Crippen LogP) is 5.12. The number of carbonyl (C=O) groups is 1. The zero-order valence-electron chi connectivity index (χ0n) is 16.6. The number of nitrogens with zero attached hydrogens (tertiary/aromatic N) is 2. The summed E-state index contributed by atoms with van der Waals surface area (Å²) in [5.41, 5.74) is 3.12. The summed E-state index contributed by atoms with van der Waals surface area (Å²) in [4.78, 5) is 30.6. The maximum atomic E-state index is 14.0. The third kappa shape index (κ3) is 3.66. The number of benzene rings is 3. The van der Waals surface area contributed by atoms with Crippen molar-refractivity contribution in [2.45, 2.75) is 19.0 Å². The standard InChI is InChI=1S/C24H19FN2O2S/c1-15-8-7-13-21(16(15)2)27-23(29)18-10-4-6-12-20(18)26-24(27)30-14-22(28)17-9-3-5-11-19(17)25/h3-13H,14H2,1-2H3. The van der Waals surface area contributed by atoms with Crippen LogP contribution in [0.2, 0.25) is 0 Å². The van der Waals surface area contributed by atoms with E-state index in [1.54, 1.807) is 34.9 Å². The van der Waals surface area contributed by atoms with Gasteiger partial charge in [-0.05, 0) is 55.3 Å². The molecule has 0 radical (unpaired) electrons. The number of Topliss-reactive ketones (excluding diaryl/α,β-unsaturated/α-hetero) is 1. The lowest BCUT2D eigenvalue weighted by molar-refractivity contribution is 0.101. The summed E-state index contributed by atoms with van der Waals surface area (Å²) in [6, 6.07) is 18.8. The minimum Gasteiger partial charge on any atom is -0.293 e. The molecule has 0 saturated carbocycles. The second-order valence-corrected chi connectivity index (χ2v) is 7.91. The minimum atomic E-state index is -0.554. The molecule has 4 rings (SSSR count). The van der Waals surface area contributed by atoms with Gasteiger partial charge in [-0.1, -0.05) is 48.2 Å². The number of thioether (sulfide) groups is 1. The van der Waals surface area contributed by atoms with Crippen molar-refractivity contribution in [2.24, 2.45) is 0 Å². The van der Waals surface area contributed by atoms with E-state index in [9.17, 15) is 14.0 Å². The van der Waals surface area contributed by atoms with Gasteiger partial charge < -0.3 is 0 Å². The number of carbonyl (C=O) groups excluding carboxylic acids is 1. The molecule has 0 saturated heterocycles. The van der Waals surface area contributed by atoms with E-state index in [1.165, 1.54) is 12.1 Å². The number of fused-ring (bicyclic) bond motifs is 1. The van der Waals surface area contributed by atoms with Crippen LogP contribution in [0.5, 0.6) is 0 Å². The molecule has 1 aromatic heterocycles. The highest BCUT2D eigenvalue weighted by molar-refractivity contribution is 7.99. The van der Waals surface area contributed by atoms with Crippen molar-refractivity contribution < 1.29 is 9.18 Å². The number of rotatable bonds is 5. The fourth-order valence-corrected chi connectivity index (χ4v) is 4.18. The number of hydrogen-bond acceptors (Lipinski definition) is 4. The summed E-state index contributed by atoms with van der Waals surface area (Å²) in [7, 11) is 0. The van der Waals surface area contributed by atoms with Crippen LogP contribution in [0.25, 0.3) is 16.6 Å². The maximum Gasteiger partial charge on any atom is 0.266 e. The Hall–Kier alpha value is -3.25. The van der Waals surface area contributed by atoms with Crippen LogP contribution < -0.4 is 5.56 Å². The molecular weight excluding hydrogens is 399 g/mol. The second kappa shape index (κ2) is 8.24. The molecule has 0 aliphatic carbocycles. The van der Waals surface area contributed by atoms with Crippen LogP contribution >= 0.6 is 11.8 Å². The SMILES string of the molecule is Cc1cccc(-n2c(SCC(=O)c3ccccc3F)nc3ccccc3c2=O)c1C. The van der Waals surface area contributed by atoms with Crippen molar-refractivity contribution in [2.75, 3.05) is 5.75 Å². The first kappa shape index (κ1) is 20.0. The number of halogens is 1. The number of hydrogen-bond donors (Lipinski definition) is 0. The molecule has 0 N–H and O–H groups in total. The molecule has 30 heavy (non-hydrogen) atoms. The molecule has 0 fully saturated rings. The van der Waals surface area contributed by atoms with Gasteiger partial charge in [0.15, 0.2) is 10.9 Å². The van der Waals surface area contributed by atoms with Crippen LogP contribution in [-0.2, 0) is 0 Å². The molecule has 150 valence electrons. The van der Waals surface area contributed by atoms with Gasteiger partial charge in [0.2, 0.25) is 0 Å². The van der Waals surface area contributed by atoms with Gasteiger partial charge in [0, 0.05) is 0 Å². The molecule has 0 unspecified atom stereocenters. The van der Waals surface area contributed by atoms with Gasteiger partial charge in [-0.3, -0.25) is 14.2 Å². The van der Waals surface area contributed by atoms with E-state index in [4.69, 9.17) is 0 Å². The van der Waals surface area contributed by atoms with Crippen LogP contribution in [0.15, 0.2) is 76.7 Å². The van der Waals surface area contributed by atoms with E-state index in [-0.39, 0.29) is 22.7 Å². The molecule has 0 aliphatic heterocycles. The van der Waals surface area contributed by atoms with Gasteiger partial charge >= 0.3 is 0 Å². The van der Waals surface area contributed by atoms with Gasteiger partial charge in [-0.15, -0.1) is 0 Å². The van der Waals surface area contributed by atoms with Crippen molar-refractivity contribution in [1.82, 2.24) is 9.55 Å². The average Bonchev–Trinajstić information content (AvgIpc) is 2.75. The van der Waals surface area contributed by atoms with Crippen molar-refractivity contribution in [1.29, 1.82) is 0 Å². The molecule has 0 aliphatic rings. The zero-order valence-corrected chi connectivity index (χ0v) is 17.4. The lowest BCUT2D eigenvalue weighted by Gasteiger charge is -2.16. The van der Waals surface area contributed by atoms with Gasteiger partial charge in [0.25, 0.3) is 5.56 Å². The molecule has 4 aromatic rings. The molecule has 0 bridgehead atoms. The number of aryl methyl sites for hydroxylation is 1. The van der Waals surface area contributed by atoms with Crippen molar-refractivity contribution in [3.63, 3.8) is 0 Å². The highest BCUT2D eigenvalue weighted by Gasteiger charge is 2.18. The lowest BCUT2D eigenvalue weighted by atomic mass is 10.1. The van der Waals surface area contributed by atoms with Gasteiger partial charge in [-0.25, -0.2) is 9.37 Å². The molecule has 0 atom stereocenters. The van der Waals surface area contributed by atoms with E-state index < -0.39 is 5.82 Å². The van der Waals surface area contributed by atoms with Gasteiger partial charge in [-0.2, -0.15) is 0 Å². The highest BCUT2D eigenvalue weighted by Crippen LogP contribution is 2.25. The van der Waals surface area contributed by atoms with E-state index in [2.05, 4.69) is 4.98 Å². The Morgan fingerprint density at radius 1 is 1.00 bits per heavy atom. The summed E-state index contributed by atoms with van der Waals surface area (Å²) < 4.78 is 15.5. The first-order valence-corrected chi connectivity index (χ1v) is 10.4. The van der Waals surface area contributed by atoms with E-state index in [0.717, 1.165) is 28.6 Å². The van der Waals surface area contributed by atoms with E-state index in [1.807, 2.05) is 38.1 Å². The summed E-state index contributed by atoms with van der Waals surface area (Å²) in [6.45, 7) is 3.93. The molecule has 1 heterocycles. The molecule has 0 spiro atoms. The summed E-state index contributed by atoms with van der Waals surface area (Å²) in [5.74, 6) is -0.939. The molecule has 4 nitrogen and oxygen atoms in total. The number of aromatic nitrogens is 2. The Morgan fingerprint density at radius 2 is 1.73 bits per heavy atom. The number of para-hydroxylation sites is 1. The highest BCUT2D eigenvalue weighted by atomic mass is 32.2. The molecule has 6 heteroatoms. The molecule has 0 amide bonds. The predicted molar refractivity (Wildman–Crippen MR) is 118 cm³/mol. The molecular formula is C24H19FN2O2S. The Balaban J connectivity index is 1.82. The first-order chi connectivity index (χ1) is 14.5. The Morgan fingerprint density at radius 3 is 2.53 bits per heavy atom. The van der Waals surface area contributed by atoms with E-state index in [0.29, 0.717) is 16.1 Å². The van der Waals surface area contributed by atoms with Crippen molar-refractivity contribution in [3.05, 3.63) is 99.6 Å². The van der Waals surface area contributed by atoms with Gasteiger partial charge in [0.05, 0.1) is 27.9 Å². The monoisotopic (exact) mass is 418 g/mol. The topological polar surface area (TPSA) is 52.0 Å². The second-order valence-electron chi connectivity index (χ2n) is 6.96. The summed E-state index contributed by atoms with van der Waals surface area (Å²) >= 11 is 1.13. The summed E-state index contributed by atoms with van der Waals surface area (Å²) in [6.07, 6.45) is 0. The normalized spacial score (nSPS) is 11.0. The van der Waals surface area contributed by atoms with E-state index >= 15 is 0 Å². The lowest BCUT2D eigenvalue weighted by Crippen LogP contribution is -2.23. The Kier molecular flexibility index (Phi) is 5.50. The van der Waals surface area contributed by atoms with Crippen molar-refractivity contribution >= 4 is 28.4 Å². The third-order valence-electron chi connectivity index (χ3n) is 5.07. The zero-order chi connectivity index (χ0) is 21.3. The summed E-state index contributed by atoms with van der Waals surface area (Å²) in [5, 5.41) is 0.903. The molecule has 3 aromatic carbocycles. The quantitative estimate of drug-likeness (QED) is 0.257. The maximum absolute atomic E-state index is 14.0. The van der Waals surface area contributed by atoms with Crippen LogP contribution in [-0.4, -0.2) is 21.1 Å². The van der Waals surface area contributed by atoms with Crippen molar-refractivity contribution in [3.8, 4) is 5.69 Å². The largest absolute Gasteiger partial charge is 0.293 e. The Bertz CT molecular complexity index is 1330. The third-order valence-corrected chi connectivity index (χ3v) is 6.01. The fraction of sp³-hybridized carbons (Fsp3) is 0.125. The fourth-order valence-electron chi connectivity index (χ4n) is 3.29. The average molecular weight is 418 g/mol.